The van der Waals surface area contributed by atoms with E-state index in [9.17, 15) is 13.2 Å². The van der Waals surface area contributed by atoms with E-state index in [0.717, 1.165) is 16.4 Å². The molecular weight excluding hydrogens is 229 g/mol. The van der Waals surface area contributed by atoms with Gasteiger partial charge in [0.2, 0.25) is 0 Å². The minimum absolute atomic E-state index is 0.0380. The maximum absolute atomic E-state index is 11.9. The highest BCUT2D eigenvalue weighted by molar-refractivity contribution is 7.05. The quantitative estimate of drug-likeness (QED) is 0.608. The van der Waals surface area contributed by atoms with Crippen LogP contribution in [-0.4, -0.2) is 15.8 Å². The summed E-state index contributed by atoms with van der Waals surface area (Å²) in [4.78, 5) is 0.750. The van der Waals surface area contributed by atoms with Gasteiger partial charge in [0.25, 0.3) is 0 Å². The number of nitrogens with one attached hydrogen (secondary N) is 1. The Bertz CT molecular complexity index is 274. The van der Waals surface area contributed by atoms with Gasteiger partial charge in [0.05, 0.1) is 17.1 Å². The standard InChI is InChI=1S/C7H11F3N4S/c8-7(9,10)3-1-2-5(13-11)6-4-12-14-15-6/h4-5,13H,1-3,11H2. The van der Waals surface area contributed by atoms with Crippen molar-refractivity contribution < 1.29 is 13.2 Å². The van der Waals surface area contributed by atoms with Crippen LogP contribution in [0, 0.1) is 0 Å². The average Bonchev–Trinajstić information content (AvgIpc) is 2.63. The smallest absolute Gasteiger partial charge is 0.271 e. The van der Waals surface area contributed by atoms with Crippen molar-refractivity contribution in [3.05, 3.63) is 11.1 Å². The summed E-state index contributed by atoms with van der Waals surface area (Å²) in [5, 5.41) is 3.60. The fourth-order valence-electron chi connectivity index (χ4n) is 1.14. The molecule has 0 amide bonds. The second-order valence-corrected chi connectivity index (χ2v) is 3.86. The highest BCUT2D eigenvalue weighted by Gasteiger charge is 2.27. The zero-order chi connectivity index (χ0) is 11.3. The summed E-state index contributed by atoms with van der Waals surface area (Å²) >= 11 is 1.13. The molecule has 0 fully saturated rings. The monoisotopic (exact) mass is 240 g/mol. The summed E-state index contributed by atoms with van der Waals surface area (Å²) in [6, 6.07) is -0.299. The van der Waals surface area contributed by atoms with Gasteiger partial charge in [0.15, 0.2) is 0 Å². The number of hydrogen-bond acceptors (Lipinski definition) is 5. The van der Waals surface area contributed by atoms with Crippen LogP contribution in [-0.2, 0) is 0 Å². The summed E-state index contributed by atoms with van der Waals surface area (Å²) < 4.78 is 39.3. The summed E-state index contributed by atoms with van der Waals surface area (Å²) in [6.07, 6.45) is -3.04. The number of hydrogen-bond donors (Lipinski definition) is 2. The first-order valence-corrected chi connectivity index (χ1v) is 5.10. The number of alkyl halides is 3. The molecule has 0 radical (unpaired) electrons. The van der Waals surface area contributed by atoms with Crippen LogP contribution in [0.4, 0.5) is 13.2 Å². The number of halogens is 3. The van der Waals surface area contributed by atoms with Crippen LogP contribution in [0.2, 0.25) is 0 Å². The second-order valence-electron chi connectivity index (χ2n) is 3.05. The number of nitrogens with zero attached hydrogens (tertiary/aromatic N) is 2. The van der Waals surface area contributed by atoms with Crippen molar-refractivity contribution in [3.63, 3.8) is 0 Å². The fraction of sp³-hybridized carbons (Fsp3) is 0.714. The van der Waals surface area contributed by atoms with Crippen molar-refractivity contribution in [1.82, 2.24) is 15.0 Å². The molecule has 15 heavy (non-hydrogen) atoms. The Kier molecular flexibility index (Phi) is 4.43. The van der Waals surface area contributed by atoms with E-state index in [1.807, 2.05) is 0 Å². The van der Waals surface area contributed by atoms with E-state index in [0.29, 0.717) is 6.42 Å². The molecule has 4 nitrogen and oxygen atoms in total. The van der Waals surface area contributed by atoms with Gasteiger partial charge in [-0.2, -0.15) is 13.2 Å². The van der Waals surface area contributed by atoms with Gasteiger partial charge in [-0.3, -0.25) is 11.3 Å². The number of nitrogens with two attached hydrogens (primary N) is 1. The molecule has 0 saturated heterocycles. The predicted molar refractivity (Wildman–Crippen MR) is 49.9 cm³/mol. The molecule has 3 N–H and O–H groups in total. The third-order valence-corrected chi connectivity index (χ3v) is 2.65. The topological polar surface area (TPSA) is 63.8 Å². The van der Waals surface area contributed by atoms with E-state index in [-0.39, 0.29) is 12.5 Å². The zero-order valence-corrected chi connectivity index (χ0v) is 8.61. The summed E-state index contributed by atoms with van der Waals surface area (Å²) in [5.41, 5.74) is 2.45. The number of rotatable bonds is 5. The van der Waals surface area contributed by atoms with E-state index < -0.39 is 12.6 Å². The van der Waals surface area contributed by atoms with Crippen LogP contribution in [0.3, 0.4) is 0 Å². The van der Waals surface area contributed by atoms with Gasteiger partial charge in [0.1, 0.15) is 0 Å². The maximum Gasteiger partial charge on any atom is 0.389 e. The molecule has 1 aromatic rings. The Labute approximate surface area is 88.8 Å². The van der Waals surface area contributed by atoms with E-state index in [1.165, 1.54) is 6.20 Å². The Hall–Kier alpha value is -0.730. The maximum atomic E-state index is 11.9. The first-order chi connectivity index (χ1) is 7.03. The zero-order valence-electron chi connectivity index (χ0n) is 7.79. The molecule has 0 aromatic carbocycles. The fourth-order valence-corrected chi connectivity index (χ4v) is 1.74. The van der Waals surface area contributed by atoms with Gasteiger partial charge >= 0.3 is 6.18 Å². The SMILES string of the molecule is NNC(CCCC(F)(F)F)c1cnns1. The molecule has 86 valence electrons. The van der Waals surface area contributed by atoms with Crippen molar-refractivity contribution in [2.45, 2.75) is 31.5 Å². The molecule has 1 aromatic heterocycles. The molecule has 0 bridgehead atoms. The van der Waals surface area contributed by atoms with Gasteiger partial charge < -0.3 is 0 Å². The molecule has 1 rings (SSSR count). The van der Waals surface area contributed by atoms with Crippen LogP contribution >= 0.6 is 11.5 Å². The van der Waals surface area contributed by atoms with Gasteiger partial charge in [0, 0.05) is 6.42 Å². The molecule has 0 aliphatic heterocycles. The molecule has 0 saturated carbocycles. The van der Waals surface area contributed by atoms with Crippen LogP contribution in [0.15, 0.2) is 6.20 Å². The normalized spacial score (nSPS) is 14.1. The van der Waals surface area contributed by atoms with Crippen molar-refractivity contribution in [2.24, 2.45) is 5.84 Å². The minimum atomic E-state index is -4.11. The third-order valence-electron chi connectivity index (χ3n) is 1.88. The van der Waals surface area contributed by atoms with Crippen LogP contribution in [0.25, 0.3) is 0 Å². The van der Waals surface area contributed by atoms with Gasteiger partial charge in [-0.05, 0) is 24.4 Å². The molecule has 1 heterocycles. The van der Waals surface area contributed by atoms with Gasteiger partial charge in [-0.1, -0.05) is 4.49 Å². The van der Waals surface area contributed by atoms with Crippen molar-refractivity contribution in [2.75, 3.05) is 0 Å². The molecule has 1 atom stereocenters. The largest absolute Gasteiger partial charge is 0.389 e. The van der Waals surface area contributed by atoms with E-state index in [2.05, 4.69) is 15.0 Å². The Morgan fingerprint density at radius 3 is 2.73 bits per heavy atom. The number of aromatic nitrogens is 2. The minimum Gasteiger partial charge on any atom is -0.271 e. The Morgan fingerprint density at radius 2 is 2.27 bits per heavy atom. The van der Waals surface area contributed by atoms with Crippen LogP contribution < -0.4 is 11.3 Å². The first kappa shape index (κ1) is 12.3. The summed E-state index contributed by atoms with van der Waals surface area (Å²) in [6.45, 7) is 0. The van der Waals surface area contributed by atoms with Crippen LogP contribution in [0.5, 0.6) is 0 Å². The molecule has 1 unspecified atom stereocenters. The number of hydrazine groups is 1. The Morgan fingerprint density at radius 1 is 1.53 bits per heavy atom. The molecule has 8 heteroatoms. The molecular formula is C7H11F3N4S. The summed E-state index contributed by atoms with van der Waals surface area (Å²) in [7, 11) is 0. The lowest BCUT2D eigenvalue weighted by Gasteiger charge is -2.13. The lowest BCUT2D eigenvalue weighted by Crippen LogP contribution is -2.27. The van der Waals surface area contributed by atoms with Crippen molar-refractivity contribution >= 4 is 11.5 Å². The lowest BCUT2D eigenvalue weighted by atomic mass is 10.1. The third kappa shape index (κ3) is 4.54. The predicted octanol–water partition coefficient (Wildman–Crippen LogP) is 1.78. The average molecular weight is 240 g/mol. The van der Waals surface area contributed by atoms with Gasteiger partial charge in [-0.25, -0.2) is 0 Å². The first-order valence-electron chi connectivity index (χ1n) is 4.33. The van der Waals surface area contributed by atoms with Gasteiger partial charge in [-0.15, -0.1) is 5.10 Å². The Balaban J connectivity index is 2.36. The van der Waals surface area contributed by atoms with Crippen molar-refractivity contribution in [1.29, 1.82) is 0 Å². The van der Waals surface area contributed by atoms with E-state index in [1.54, 1.807) is 0 Å². The highest BCUT2D eigenvalue weighted by atomic mass is 32.1. The van der Waals surface area contributed by atoms with E-state index in [4.69, 9.17) is 5.84 Å². The molecule has 0 spiro atoms. The molecule has 0 aliphatic rings. The highest BCUT2D eigenvalue weighted by Crippen LogP contribution is 2.26. The van der Waals surface area contributed by atoms with E-state index >= 15 is 0 Å². The lowest BCUT2D eigenvalue weighted by molar-refractivity contribution is -0.135. The summed E-state index contributed by atoms with van der Waals surface area (Å²) in [5.74, 6) is 5.23. The second kappa shape index (κ2) is 5.38. The molecule has 0 aliphatic carbocycles. The van der Waals surface area contributed by atoms with Crippen molar-refractivity contribution in [3.8, 4) is 0 Å². The van der Waals surface area contributed by atoms with Crippen LogP contribution in [0.1, 0.15) is 30.2 Å².